The Morgan fingerprint density at radius 2 is 2.10 bits per heavy atom. The van der Waals surface area contributed by atoms with Gasteiger partial charge in [-0.05, 0) is 30.5 Å². The molecule has 0 spiro atoms. The molecule has 0 radical (unpaired) electrons. The maximum absolute atomic E-state index is 10.9. The van der Waals surface area contributed by atoms with E-state index in [-0.39, 0.29) is 29.9 Å². The van der Waals surface area contributed by atoms with Gasteiger partial charge in [-0.3, -0.25) is 9.79 Å². The number of hydrogen-bond donors (Lipinski definition) is 3. The highest BCUT2D eigenvalue weighted by atomic mass is 127. The Morgan fingerprint density at radius 3 is 2.70 bits per heavy atom. The van der Waals surface area contributed by atoms with Crippen molar-refractivity contribution in [3.05, 3.63) is 29.8 Å². The van der Waals surface area contributed by atoms with E-state index in [9.17, 15) is 4.79 Å². The topological polar surface area (TPSA) is 65.5 Å². The van der Waals surface area contributed by atoms with Crippen LogP contribution in [0.3, 0.4) is 0 Å². The van der Waals surface area contributed by atoms with E-state index >= 15 is 0 Å². The SMILES string of the molecule is CC(=O)Nc1ccc(CCNC2=NCCCN2)cc1.I. The van der Waals surface area contributed by atoms with Crippen molar-refractivity contribution in [2.75, 3.05) is 25.0 Å². The van der Waals surface area contributed by atoms with Crippen molar-refractivity contribution in [2.24, 2.45) is 4.99 Å². The molecule has 0 unspecified atom stereocenters. The first-order chi connectivity index (χ1) is 9.24. The number of nitrogens with zero attached hydrogens (tertiary/aromatic N) is 1. The first-order valence-electron chi connectivity index (χ1n) is 6.63. The molecule has 6 heteroatoms. The predicted octanol–water partition coefficient (Wildman–Crippen LogP) is 1.74. The van der Waals surface area contributed by atoms with Crippen LogP contribution in [-0.4, -0.2) is 31.5 Å². The first-order valence-corrected chi connectivity index (χ1v) is 6.63. The van der Waals surface area contributed by atoms with Gasteiger partial charge in [0.15, 0.2) is 5.96 Å². The molecule has 0 aliphatic carbocycles. The van der Waals surface area contributed by atoms with Crippen LogP contribution in [0.5, 0.6) is 0 Å². The molecule has 1 aliphatic rings. The summed E-state index contributed by atoms with van der Waals surface area (Å²) in [5.41, 5.74) is 2.07. The molecule has 110 valence electrons. The molecule has 0 fully saturated rings. The normalized spacial score (nSPS) is 13.6. The summed E-state index contributed by atoms with van der Waals surface area (Å²) in [7, 11) is 0. The van der Waals surface area contributed by atoms with Crippen molar-refractivity contribution in [3.8, 4) is 0 Å². The van der Waals surface area contributed by atoms with E-state index in [1.54, 1.807) is 0 Å². The molecule has 0 saturated heterocycles. The number of amides is 1. The highest BCUT2D eigenvalue weighted by molar-refractivity contribution is 14.0. The zero-order chi connectivity index (χ0) is 13.5. The molecule has 1 heterocycles. The van der Waals surface area contributed by atoms with Crippen LogP contribution in [0.15, 0.2) is 29.3 Å². The zero-order valence-corrected chi connectivity index (χ0v) is 13.9. The quantitative estimate of drug-likeness (QED) is 0.689. The molecule has 20 heavy (non-hydrogen) atoms. The molecule has 1 aromatic carbocycles. The van der Waals surface area contributed by atoms with Crippen LogP contribution in [0.25, 0.3) is 0 Å². The van der Waals surface area contributed by atoms with Crippen LogP contribution in [0.4, 0.5) is 5.69 Å². The van der Waals surface area contributed by atoms with Crippen molar-refractivity contribution in [2.45, 2.75) is 19.8 Å². The van der Waals surface area contributed by atoms with Gasteiger partial charge < -0.3 is 16.0 Å². The Morgan fingerprint density at radius 1 is 1.35 bits per heavy atom. The lowest BCUT2D eigenvalue weighted by molar-refractivity contribution is -0.114. The summed E-state index contributed by atoms with van der Waals surface area (Å²) in [4.78, 5) is 15.3. The molecule has 2 rings (SSSR count). The van der Waals surface area contributed by atoms with Gasteiger partial charge in [0.25, 0.3) is 0 Å². The lowest BCUT2D eigenvalue weighted by Crippen LogP contribution is -2.41. The Balaban J connectivity index is 0.00000200. The standard InChI is InChI=1S/C14H20N4O.HI/c1-11(19)18-13-5-3-12(4-6-13)7-10-17-14-15-8-2-9-16-14;/h3-6H,2,7-10H2,1H3,(H,18,19)(H2,15,16,17);1H. The minimum Gasteiger partial charge on any atom is -0.356 e. The number of guanidine groups is 1. The van der Waals surface area contributed by atoms with E-state index in [0.29, 0.717) is 0 Å². The molecule has 1 amide bonds. The van der Waals surface area contributed by atoms with Gasteiger partial charge in [0, 0.05) is 32.2 Å². The van der Waals surface area contributed by atoms with E-state index in [2.05, 4.69) is 20.9 Å². The number of hydrogen-bond acceptors (Lipinski definition) is 4. The molecule has 0 bridgehead atoms. The average molecular weight is 388 g/mol. The second kappa shape index (κ2) is 8.78. The lowest BCUT2D eigenvalue weighted by Gasteiger charge is -2.15. The summed E-state index contributed by atoms with van der Waals surface area (Å²) in [6.45, 7) is 4.26. The first kappa shape index (κ1) is 16.7. The summed E-state index contributed by atoms with van der Waals surface area (Å²) >= 11 is 0. The van der Waals surface area contributed by atoms with Crippen molar-refractivity contribution < 1.29 is 4.79 Å². The highest BCUT2D eigenvalue weighted by Gasteiger charge is 2.02. The van der Waals surface area contributed by atoms with Gasteiger partial charge in [-0.15, -0.1) is 24.0 Å². The Bertz CT molecular complexity index is 459. The Kier molecular flexibility index (Phi) is 7.35. The Hall–Kier alpha value is -1.31. The molecule has 0 aromatic heterocycles. The monoisotopic (exact) mass is 388 g/mol. The summed E-state index contributed by atoms with van der Waals surface area (Å²) in [5, 5.41) is 9.27. The van der Waals surface area contributed by atoms with E-state index in [4.69, 9.17) is 0 Å². The van der Waals surface area contributed by atoms with Gasteiger partial charge in [0.2, 0.25) is 5.91 Å². The van der Waals surface area contributed by atoms with Crippen LogP contribution >= 0.6 is 24.0 Å². The Labute approximate surface area is 136 Å². The van der Waals surface area contributed by atoms with Crippen LogP contribution in [-0.2, 0) is 11.2 Å². The third-order valence-electron chi connectivity index (χ3n) is 2.88. The largest absolute Gasteiger partial charge is 0.356 e. The van der Waals surface area contributed by atoms with Gasteiger partial charge in [0.05, 0.1) is 0 Å². The average Bonchev–Trinajstić information content (AvgIpc) is 2.41. The molecule has 5 nitrogen and oxygen atoms in total. The van der Waals surface area contributed by atoms with Gasteiger partial charge >= 0.3 is 0 Å². The van der Waals surface area contributed by atoms with Gasteiger partial charge in [0.1, 0.15) is 0 Å². The second-order valence-electron chi connectivity index (χ2n) is 4.57. The number of anilines is 1. The van der Waals surface area contributed by atoms with Crippen LogP contribution < -0.4 is 16.0 Å². The minimum absolute atomic E-state index is 0. The maximum Gasteiger partial charge on any atom is 0.221 e. The maximum atomic E-state index is 10.9. The van der Waals surface area contributed by atoms with E-state index < -0.39 is 0 Å². The molecule has 1 aliphatic heterocycles. The summed E-state index contributed by atoms with van der Waals surface area (Å²) in [5.74, 6) is 0.858. The molecule has 1 aromatic rings. The van der Waals surface area contributed by atoms with E-state index in [1.807, 2.05) is 24.3 Å². The van der Waals surface area contributed by atoms with Crippen molar-refractivity contribution in [3.63, 3.8) is 0 Å². The third-order valence-corrected chi connectivity index (χ3v) is 2.88. The highest BCUT2D eigenvalue weighted by Crippen LogP contribution is 2.09. The smallest absolute Gasteiger partial charge is 0.221 e. The molecular formula is C14H21IN4O. The lowest BCUT2D eigenvalue weighted by atomic mass is 10.1. The van der Waals surface area contributed by atoms with E-state index in [0.717, 1.165) is 44.1 Å². The van der Waals surface area contributed by atoms with Gasteiger partial charge in [-0.25, -0.2) is 0 Å². The fourth-order valence-corrected chi connectivity index (χ4v) is 1.93. The number of carbonyl (C=O) groups excluding carboxylic acids is 1. The minimum atomic E-state index is -0.0456. The third kappa shape index (κ3) is 5.77. The van der Waals surface area contributed by atoms with Crippen molar-refractivity contribution in [1.82, 2.24) is 10.6 Å². The fraction of sp³-hybridized carbons (Fsp3) is 0.429. The summed E-state index contributed by atoms with van der Waals surface area (Å²) in [6.07, 6.45) is 2.04. The van der Waals surface area contributed by atoms with Crippen molar-refractivity contribution >= 4 is 41.5 Å². The molecule has 3 N–H and O–H groups in total. The predicted molar refractivity (Wildman–Crippen MR) is 92.8 cm³/mol. The fourth-order valence-electron chi connectivity index (χ4n) is 1.93. The number of aliphatic imine (C=N–C) groups is 1. The zero-order valence-electron chi connectivity index (χ0n) is 11.6. The van der Waals surface area contributed by atoms with Crippen molar-refractivity contribution in [1.29, 1.82) is 0 Å². The molecule has 0 atom stereocenters. The second-order valence-corrected chi connectivity index (χ2v) is 4.57. The number of carbonyl (C=O) groups is 1. The summed E-state index contributed by atoms with van der Waals surface area (Å²) in [6, 6.07) is 7.91. The number of halogens is 1. The van der Waals surface area contributed by atoms with Gasteiger partial charge in [-0.1, -0.05) is 12.1 Å². The van der Waals surface area contributed by atoms with Crippen LogP contribution in [0.1, 0.15) is 18.9 Å². The summed E-state index contributed by atoms with van der Waals surface area (Å²) < 4.78 is 0. The molecular weight excluding hydrogens is 367 g/mol. The number of nitrogens with one attached hydrogen (secondary N) is 3. The van der Waals surface area contributed by atoms with Gasteiger partial charge in [-0.2, -0.15) is 0 Å². The molecule has 0 saturated carbocycles. The van der Waals surface area contributed by atoms with E-state index in [1.165, 1.54) is 12.5 Å². The van der Waals surface area contributed by atoms with Crippen LogP contribution in [0, 0.1) is 0 Å². The number of rotatable bonds is 4. The number of benzene rings is 1. The van der Waals surface area contributed by atoms with Crippen LogP contribution in [0.2, 0.25) is 0 Å².